The van der Waals surface area contributed by atoms with E-state index in [4.69, 9.17) is 0 Å². The third-order valence-corrected chi connectivity index (χ3v) is 3.28. The zero-order chi connectivity index (χ0) is 15.7. The van der Waals surface area contributed by atoms with Crippen LogP contribution in [-0.4, -0.2) is 39.2 Å². The molecule has 1 fully saturated rings. The topological polar surface area (TPSA) is 101 Å². The minimum Gasteiger partial charge on any atom is -0.506 e. The number of carbonyl (C=O) groups excluding carboxylic acids is 2. The molecular weight excluding hydrogens is 276 g/mol. The van der Waals surface area contributed by atoms with E-state index in [1.807, 2.05) is 0 Å². The van der Waals surface area contributed by atoms with Crippen LogP contribution < -0.4 is 0 Å². The molecule has 0 unspecified atom stereocenters. The number of likely N-dealkylation sites (tertiary alicyclic amines) is 1. The van der Waals surface area contributed by atoms with Crippen molar-refractivity contribution in [3.05, 3.63) is 45.5 Å². The van der Waals surface area contributed by atoms with Gasteiger partial charge in [-0.25, -0.2) is 0 Å². The molecule has 2 rings (SSSR count). The molecule has 0 bridgehead atoms. The van der Waals surface area contributed by atoms with E-state index in [9.17, 15) is 24.8 Å². The van der Waals surface area contributed by atoms with Crippen molar-refractivity contribution in [2.24, 2.45) is 0 Å². The van der Waals surface area contributed by atoms with E-state index in [0.717, 1.165) is 0 Å². The Kier molecular flexibility index (Phi) is 3.75. The summed E-state index contributed by atoms with van der Waals surface area (Å²) in [7, 11) is 0. The number of aliphatic hydroxyl groups excluding tert-OH is 1. The van der Waals surface area contributed by atoms with Gasteiger partial charge in [-0.1, -0.05) is 0 Å². The molecule has 1 aliphatic heterocycles. The molecule has 7 nitrogen and oxygen atoms in total. The van der Waals surface area contributed by atoms with Crippen molar-refractivity contribution in [3.63, 3.8) is 0 Å². The number of hydrogen-bond acceptors (Lipinski definition) is 5. The van der Waals surface area contributed by atoms with Gasteiger partial charge in [-0.15, -0.1) is 0 Å². The molecule has 0 radical (unpaired) electrons. The fourth-order valence-corrected chi connectivity index (χ4v) is 2.10. The average molecular weight is 290 g/mol. The minimum absolute atomic E-state index is 0.0666. The summed E-state index contributed by atoms with van der Waals surface area (Å²) in [5, 5.41) is 20.7. The van der Waals surface area contributed by atoms with Gasteiger partial charge in [0, 0.05) is 23.7 Å². The van der Waals surface area contributed by atoms with Crippen molar-refractivity contribution in [2.45, 2.75) is 19.9 Å². The SMILES string of the molecule is CC(C)N1CC(=O)/C(=C(/O)c2ccc([N+](=O)[O-])cc2)C1=O. The summed E-state index contributed by atoms with van der Waals surface area (Å²) in [5.41, 5.74) is -0.204. The molecule has 0 saturated carbocycles. The molecule has 0 spiro atoms. The number of ketones is 1. The second-order valence-corrected chi connectivity index (χ2v) is 4.98. The number of carbonyl (C=O) groups is 2. The second-order valence-electron chi connectivity index (χ2n) is 4.98. The summed E-state index contributed by atoms with van der Waals surface area (Å²) < 4.78 is 0. The first-order chi connectivity index (χ1) is 9.82. The van der Waals surface area contributed by atoms with Crippen LogP contribution in [0.25, 0.3) is 5.76 Å². The van der Waals surface area contributed by atoms with Gasteiger partial charge in [-0.2, -0.15) is 0 Å². The first-order valence-electron chi connectivity index (χ1n) is 6.35. The molecule has 1 amide bonds. The van der Waals surface area contributed by atoms with Gasteiger partial charge < -0.3 is 10.0 Å². The number of rotatable bonds is 3. The van der Waals surface area contributed by atoms with Crippen molar-refractivity contribution in [3.8, 4) is 0 Å². The highest BCUT2D eigenvalue weighted by molar-refractivity contribution is 6.28. The molecule has 0 aliphatic carbocycles. The molecule has 1 aromatic rings. The van der Waals surface area contributed by atoms with Gasteiger partial charge in [0.05, 0.1) is 11.5 Å². The normalized spacial score (nSPS) is 17.6. The third-order valence-electron chi connectivity index (χ3n) is 3.28. The number of Topliss-reactive ketones (excluding diaryl/α,β-unsaturated/α-hetero) is 1. The monoisotopic (exact) mass is 290 g/mol. The van der Waals surface area contributed by atoms with Crippen LogP contribution in [0, 0.1) is 10.1 Å². The van der Waals surface area contributed by atoms with E-state index >= 15 is 0 Å². The highest BCUT2D eigenvalue weighted by Crippen LogP contribution is 2.25. The number of nitro benzene ring substituents is 1. The Morgan fingerprint density at radius 3 is 2.29 bits per heavy atom. The Morgan fingerprint density at radius 1 is 1.29 bits per heavy atom. The molecule has 110 valence electrons. The van der Waals surface area contributed by atoms with Crippen molar-refractivity contribution in [1.82, 2.24) is 4.90 Å². The summed E-state index contributed by atoms with van der Waals surface area (Å²) in [6.45, 7) is 3.48. The number of non-ortho nitro benzene ring substituents is 1. The largest absolute Gasteiger partial charge is 0.506 e. The molecule has 0 atom stereocenters. The Bertz CT molecular complexity index is 646. The summed E-state index contributed by atoms with van der Waals surface area (Å²) in [4.78, 5) is 35.4. The van der Waals surface area contributed by atoms with Crippen LogP contribution in [0.1, 0.15) is 19.4 Å². The fraction of sp³-hybridized carbons (Fsp3) is 0.286. The molecule has 21 heavy (non-hydrogen) atoms. The van der Waals surface area contributed by atoms with Crippen LogP contribution in [0.15, 0.2) is 29.8 Å². The van der Waals surface area contributed by atoms with Gasteiger partial charge in [0.15, 0.2) is 5.78 Å². The van der Waals surface area contributed by atoms with E-state index in [2.05, 4.69) is 0 Å². The van der Waals surface area contributed by atoms with Crippen LogP contribution in [0.3, 0.4) is 0 Å². The number of aliphatic hydroxyl groups is 1. The quantitative estimate of drug-likeness (QED) is 0.300. The van der Waals surface area contributed by atoms with E-state index in [0.29, 0.717) is 0 Å². The lowest BCUT2D eigenvalue weighted by molar-refractivity contribution is -0.384. The number of amides is 1. The van der Waals surface area contributed by atoms with Crippen LogP contribution in [0.2, 0.25) is 0 Å². The lowest BCUT2D eigenvalue weighted by Crippen LogP contribution is -2.32. The van der Waals surface area contributed by atoms with Gasteiger partial charge in [-0.05, 0) is 26.0 Å². The Hall–Kier alpha value is -2.70. The number of benzene rings is 1. The van der Waals surface area contributed by atoms with Crippen LogP contribution >= 0.6 is 0 Å². The summed E-state index contributed by atoms with van der Waals surface area (Å²) in [5.74, 6) is -1.42. The van der Waals surface area contributed by atoms with Crippen LogP contribution in [0.5, 0.6) is 0 Å². The predicted molar refractivity (Wildman–Crippen MR) is 74.5 cm³/mol. The number of nitrogens with zero attached hydrogens (tertiary/aromatic N) is 2. The Balaban J connectivity index is 2.41. The number of hydrogen-bond donors (Lipinski definition) is 1. The summed E-state index contributed by atoms with van der Waals surface area (Å²) in [6, 6.07) is 4.87. The van der Waals surface area contributed by atoms with E-state index in [1.54, 1.807) is 13.8 Å². The maximum atomic E-state index is 12.1. The molecular formula is C14H14N2O5. The molecule has 1 aromatic carbocycles. The van der Waals surface area contributed by atoms with Gasteiger partial charge in [-0.3, -0.25) is 19.7 Å². The van der Waals surface area contributed by atoms with Crippen molar-refractivity contribution in [1.29, 1.82) is 0 Å². The van der Waals surface area contributed by atoms with Gasteiger partial charge in [0.2, 0.25) is 0 Å². The summed E-state index contributed by atoms with van der Waals surface area (Å²) >= 11 is 0. The van der Waals surface area contributed by atoms with Gasteiger partial charge in [0.1, 0.15) is 11.3 Å². The molecule has 1 heterocycles. The molecule has 1 N–H and O–H groups in total. The van der Waals surface area contributed by atoms with Gasteiger partial charge in [0.25, 0.3) is 11.6 Å². The zero-order valence-corrected chi connectivity index (χ0v) is 11.6. The van der Waals surface area contributed by atoms with Crippen molar-refractivity contribution in [2.75, 3.05) is 6.54 Å². The van der Waals surface area contributed by atoms with Crippen LogP contribution in [-0.2, 0) is 9.59 Å². The lowest BCUT2D eigenvalue weighted by atomic mass is 10.1. The molecule has 1 aliphatic rings. The maximum Gasteiger partial charge on any atom is 0.269 e. The first-order valence-corrected chi connectivity index (χ1v) is 6.35. The molecule has 0 aromatic heterocycles. The first kappa shape index (κ1) is 14.7. The van der Waals surface area contributed by atoms with Gasteiger partial charge >= 0.3 is 0 Å². The molecule has 1 saturated heterocycles. The van der Waals surface area contributed by atoms with Crippen molar-refractivity contribution >= 4 is 23.1 Å². The highest BCUT2D eigenvalue weighted by Gasteiger charge is 2.38. The standard InChI is InChI=1S/C14H14N2O5/c1-8(2)15-7-11(17)12(14(15)19)13(18)9-3-5-10(6-4-9)16(20)21/h3-6,8,18H,7H2,1-2H3/b13-12-. The maximum absolute atomic E-state index is 12.1. The molecule has 7 heteroatoms. The highest BCUT2D eigenvalue weighted by atomic mass is 16.6. The van der Waals surface area contributed by atoms with Crippen molar-refractivity contribution < 1.29 is 19.6 Å². The van der Waals surface area contributed by atoms with E-state index in [-0.39, 0.29) is 29.4 Å². The lowest BCUT2D eigenvalue weighted by Gasteiger charge is -2.18. The average Bonchev–Trinajstić information content (AvgIpc) is 2.73. The third kappa shape index (κ3) is 2.62. The smallest absolute Gasteiger partial charge is 0.269 e. The Labute approximate surface area is 120 Å². The second kappa shape index (κ2) is 5.35. The van der Waals surface area contributed by atoms with E-state index in [1.165, 1.54) is 29.2 Å². The fourth-order valence-electron chi connectivity index (χ4n) is 2.10. The predicted octanol–water partition coefficient (Wildman–Crippen LogP) is 1.68. The van der Waals surface area contributed by atoms with E-state index < -0.39 is 22.4 Å². The summed E-state index contributed by atoms with van der Waals surface area (Å²) in [6.07, 6.45) is 0. The Morgan fingerprint density at radius 2 is 1.86 bits per heavy atom. The zero-order valence-electron chi connectivity index (χ0n) is 11.6. The number of nitro groups is 1. The minimum atomic E-state index is -0.569. The van der Waals surface area contributed by atoms with Crippen LogP contribution in [0.4, 0.5) is 5.69 Å².